The van der Waals surface area contributed by atoms with Gasteiger partial charge in [-0.15, -0.1) is 0 Å². The highest BCUT2D eigenvalue weighted by Gasteiger charge is 2.53. The summed E-state index contributed by atoms with van der Waals surface area (Å²) >= 11 is 0. The molecule has 0 N–H and O–H groups in total. The fourth-order valence-electron chi connectivity index (χ4n) is 20.5. The van der Waals surface area contributed by atoms with Crippen LogP contribution in [-0.2, 0) is 16.2 Å². The van der Waals surface area contributed by atoms with Crippen molar-refractivity contribution < 1.29 is 0 Å². The van der Waals surface area contributed by atoms with Crippen molar-refractivity contribution in [1.29, 1.82) is 0 Å². The number of rotatable bonds is 9. The minimum absolute atomic E-state index is 0.419. The molecule has 3 heterocycles. The average Bonchev–Trinajstić information content (AvgIpc) is 1.59. The van der Waals surface area contributed by atoms with Crippen LogP contribution in [0.3, 0.4) is 0 Å². The van der Waals surface area contributed by atoms with E-state index in [1.807, 2.05) is 0 Å². The van der Waals surface area contributed by atoms with E-state index in [2.05, 4.69) is 393 Å². The van der Waals surface area contributed by atoms with Crippen molar-refractivity contribution in [3.05, 3.63) is 322 Å². The quantitative estimate of drug-likeness (QED) is 0.142. The van der Waals surface area contributed by atoms with Gasteiger partial charge in [0.05, 0.1) is 51.2 Å². The summed E-state index contributed by atoms with van der Waals surface area (Å²) in [5, 5.41) is 7.34. The molecular weight excluding hydrogens is 1320 g/mol. The van der Waals surface area contributed by atoms with Gasteiger partial charge in [-0.25, -0.2) is 0 Å². The molecule has 3 aliphatic heterocycles. The van der Waals surface area contributed by atoms with Crippen LogP contribution in [0, 0.1) is 41.5 Å². The van der Waals surface area contributed by atoms with Gasteiger partial charge in [0.15, 0.2) is 0 Å². The van der Waals surface area contributed by atoms with Crippen molar-refractivity contribution in [2.24, 2.45) is 0 Å². The van der Waals surface area contributed by atoms with Crippen molar-refractivity contribution in [3.63, 3.8) is 0 Å². The largest absolute Gasteiger partial charge is 0.341 e. The lowest BCUT2D eigenvalue weighted by atomic mass is 9.79. The molecule has 0 saturated heterocycles. The standard InChI is InChI=1S/C102H87N7/c1-58-40-59(2)44-76(43-58)106(70-31-28-64-22-16-19-25-67(64)49-70)73-34-37-79-82(52-73)100(7,8)85-55-88-94-97(91(79)85)103(13)89-56-86-93(81-39-36-75(54-84(81)101(86,9)10)108(78-47-62(5)42-63(6)48-78)72-33-30-66-24-18-21-27-69(66)51-72)99-95(89)109(94)96-90(105(99)15)57-87-92(98(96)104(88)14)80-38-35-74(53-83(80)102(87,11)12)107(77-45-60(3)41-61(4)46-77)71-32-29-65-23-17-20-26-68(65)50-71/h16-57H,1-15H3. The molecule has 21 rings (SSSR count). The fourth-order valence-corrected chi connectivity index (χ4v) is 20.5. The molecule has 0 aromatic heterocycles. The Morgan fingerprint density at radius 3 is 0.725 bits per heavy atom. The zero-order valence-corrected chi connectivity index (χ0v) is 64.9. The van der Waals surface area contributed by atoms with Crippen LogP contribution >= 0.6 is 0 Å². The van der Waals surface area contributed by atoms with Crippen LogP contribution < -0.4 is 34.3 Å². The predicted molar refractivity (Wildman–Crippen MR) is 463 cm³/mol. The summed E-state index contributed by atoms with van der Waals surface area (Å²) < 4.78 is 0. The first-order valence-corrected chi connectivity index (χ1v) is 38.7. The fraction of sp³-hybridized carbons (Fsp3) is 0.176. The Morgan fingerprint density at radius 1 is 0.220 bits per heavy atom. The smallest absolute Gasteiger partial charge is 0.0948 e. The molecule has 0 amide bonds. The lowest BCUT2D eigenvalue weighted by Gasteiger charge is -2.52. The van der Waals surface area contributed by atoms with Crippen molar-refractivity contribution in [2.45, 2.75) is 99.3 Å². The molecule has 0 radical (unpaired) electrons. The lowest BCUT2D eigenvalue weighted by Crippen LogP contribution is -2.37. The second-order valence-corrected chi connectivity index (χ2v) is 33.8. The number of hydrogen-bond acceptors (Lipinski definition) is 7. The summed E-state index contributed by atoms with van der Waals surface area (Å²) in [7, 11) is 7.12. The number of fused-ring (bicyclic) bond motifs is 15. The van der Waals surface area contributed by atoms with E-state index in [0.717, 1.165) is 51.2 Å². The van der Waals surface area contributed by atoms with E-state index in [1.54, 1.807) is 0 Å². The highest BCUT2D eigenvalue weighted by molar-refractivity contribution is 6.24. The highest BCUT2D eigenvalue weighted by Crippen LogP contribution is 2.75. The van der Waals surface area contributed by atoms with Crippen molar-refractivity contribution >= 4 is 135 Å². The van der Waals surface area contributed by atoms with Gasteiger partial charge in [0.1, 0.15) is 0 Å². The third-order valence-electron chi connectivity index (χ3n) is 25.5. The molecule has 6 aliphatic rings. The van der Waals surface area contributed by atoms with Crippen LogP contribution in [0.5, 0.6) is 0 Å². The monoisotopic (exact) mass is 1410 g/mol. The van der Waals surface area contributed by atoms with Crippen LogP contribution in [0.15, 0.2) is 255 Å². The van der Waals surface area contributed by atoms with Gasteiger partial charge in [-0.2, -0.15) is 0 Å². The van der Waals surface area contributed by atoms with Crippen LogP contribution in [0.1, 0.15) is 108 Å². The maximum atomic E-state index is 2.77. The van der Waals surface area contributed by atoms with E-state index in [4.69, 9.17) is 0 Å². The maximum Gasteiger partial charge on any atom is 0.0948 e. The SMILES string of the molecule is Cc1cc(C)cc(N(c2ccc3c(c2)C(C)(C)c2cc4c5c(c2-3)N(C)c2cc3c(c6c2N5c2c(cc5c(c2N4C)-c2ccc(N(c4cc(C)cc(C)c4)c4ccc7ccccc7c4)cc2C5(C)C)N6C)-c2ccc(N(c4cc(C)cc(C)c4)c4ccc5ccccc5c4)cc2C3(C)C)c2ccc3ccccc3c2)c1. The number of aryl methyl sites for hydroxylation is 6. The summed E-state index contributed by atoms with van der Waals surface area (Å²) in [4.78, 5) is 18.1. The molecule has 109 heavy (non-hydrogen) atoms. The Bertz CT molecular complexity index is 5890. The van der Waals surface area contributed by atoms with E-state index in [-0.39, 0.29) is 0 Å². The predicted octanol–water partition coefficient (Wildman–Crippen LogP) is 28.0. The molecule has 15 aromatic rings. The first-order chi connectivity index (χ1) is 52.5. The van der Waals surface area contributed by atoms with Gasteiger partial charge in [-0.1, -0.05) is 169 Å². The lowest BCUT2D eigenvalue weighted by molar-refractivity contribution is 0.659. The maximum absolute atomic E-state index is 2.77. The molecule has 0 saturated carbocycles. The molecule has 15 aromatic carbocycles. The molecular formula is C102H87N7. The Balaban J connectivity index is 0.795. The normalized spacial score (nSPS) is 14.9. The topological polar surface area (TPSA) is 22.7 Å². The Hall–Kier alpha value is -12.3. The molecule has 7 heteroatoms. The first-order valence-electron chi connectivity index (χ1n) is 38.7. The van der Waals surface area contributed by atoms with Crippen molar-refractivity contribution in [3.8, 4) is 33.4 Å². The van der Waals surface area contributed by atoms with Gasteiger partial charge in [0, 0.05) is 105 Å². The van der Waals surface area contributed by atoms with Crippen LogP contribution in [-0.4, -0.2) is 21.1 Å². The Labute approximate surface area is 640 Å². The summed E-state index contributed by atoms with van der Waals surface area (Å²) in [6, 6.07) is 97.9. The molecule has 3 aliphatic carbocycles. The molecule has 0 spiro atoms. The van der Waals surface area contributed by atoms with Gasteiger partial charge in [-0.05, 0) is 285 Å². The van der Waals surface area contributed by atoms with Crippen molar-refractivity contribution in [1.82, 2.24) is 0 Å². The van der Waals surface area contributed by atoms with Gasteiger partial charge < -0.3 is 29.4 Å². The van der Waals surface area contributed by atoms with Gasteiger partial charge in [0.2, 0.25) is 0 Å². The second kappa shape index (κ2) is 22.6. The Morgan fingerprint density at radius 2 is 0.459 bits per heavy atom. The van der Waals surface area contributed by atoms with Crippen molar-refractivity contribution in [2.75, 3.05) is 55.4 Å². The summed E-state index contributed by atoms with van der Waals surface area (Å²) in [5.41, 5.74) is 43.1. The van der Waals surface area contributed by atoms with E-state index >= 15 is 0 Å². The second-order valence-electron chi connectivity index (χ2n) is 33.8. The number of hydrogen-bond donors (Lipinski definition) is 0. The van der Waals surface area contributed by atoms with E-state index in [1.165, 1.54) is 184 Å². The number of nitrogens with zero attached hydrogens (tertiary/aromatic N) is 7. The zero-order chi connectivity index (χ0) is 74.5. The molecule has 7 nitrogen and oxygen atoms in total. The molecule has 0 bridgehead atoms. The van der Waals surface area contributed by atoms with Crippen LogP contribution in [0.25, 0.3) is 65.7 Å². The van der Waals surface area contributed by atoms with Gasteiger partial charge >= 0.3 is 0 Å². The zero-order valence-electron chi connectivity index (χ0n) is 64.9. The van der Waals surface area contributed by atoms with Crippen LogP contribution in [0.2, 0.25) is 0 Å². The van der Waals surface area contributed by atoms with Gasteiger partial charge in [-0.3, -0.25) is 4.90 Å². The van der Waals surface area contributed by atoms with E-state index in [9.17, 15) is 0 Å². The third kappa shape index (κ3) is 9.17. The van der Waals surface area contributed by atoms with Crippen LogP contribution in [0.4, 0.5) is 102 Å². The molecule has 0 unspecified atom stereocenters. The van der Waals surface area contributed by atoms with E-state index < -0.39 is 16.2 Å². The number of anilines is 18. The average molecular weight is 1410 g/mol. The third-order valence-corrected chi connectivity index (χ3v) is 25.5. The summed E-state index contributed by atoms with van der Waals surface area (Å²) in [5.74, 6) is 0. The first kappa shape index (κ1) is 65.0. The highest BCUT2D eigenvalue weighted by atomic mass is 15.4. The number of benzene rings is 15. The molecule has 0 atom stereocenters. The Kier molecular flexibility index (Phi) is 13.5. The minimum Gasteiger partial charge on any atom is -0.341 e. The van der Waals surface area contributed by atoms with E-state index in [0.29, 0.717) is 0 Å². The minimum atomic E-state index is -0.419. The van der Waals surface area contributed by atoms with Gasteiger partial charge in [0.25, 0.3) is 0 Å². The summed E-state index contributed by atoms with van der Waals surface area (Å²) in [6.07, 6.45) is 0. The summed E-state index contributed by atoms with van der Waals surface area (Å²) in [6.45, 7) is 28.2. The molecule has 0 fully saturated rings. The molecule has 530 valence electrons.